The van der Waals surface area contributed by atoms with E-state index in [1.807, 2.05) is 6.92 Å². The number of rotatable bonds is 3. The number of aliphatic hydroxyl groups is 1. The molecule has 3 atom stereocenters. The Kier molecular flexibility index (Phi) is 3.82. The standard InChI is InChI=1S/C17H26O/c1-12-7-8-16(13(2)10-12)14(3)11-15-6-5-9-17(15,4)18/h7-8,10,14-15,18H,5-6,9,11H2,1-4H3. The molecule has 1 aromatic rings. The minimum absolute atomic E-state index is 0.438. The monoisotopic (exact) mass is 246 g/mol. The lowest BCUT2D eigenvalue weighted by Crippen LogP contribution is -2.29. The fourth-order valence-electron chi connectivity index (χ4n) is 3.53. The largest absolute Gasteiger partial charge is 0.390 e. The number of hydrogen-bond donors (Lipinski definition) is 1. The van der Waals surface area contributed by atoms with Crippen LogP contribution in [0.3, 0.4) is 0 Å². The summed E-state index contributed by atoms with van der Waals surface area (Å²) in [6.45, 7) is 8.65. The molecule has 0 aromatic heterocycles. The van der Waals surface area contributed by atoms with Crippen molar-refractivity contribution in [3.8, 4) is 0 Å². The van der Waals surface area contributed by atoms with Crippen LogP contribution in [0, 0.1) is 19.8 Å². The van der Waals surface area contributed by atoms with Crippen molar-refractivity contribution in [1.29, 1.82) is 0 Å². The van der Waals surface area contributed by atoms with Gasteiger partial charge in [0, 0.05) is 0 Å². The summed E-state index contributed by atoms with van der Waals surface area (Å²) in [5.41, 5.74) is 3.73. The van der Waals surface area contributed by atoms with Crippen LogP contribution in [0.25, 0.3) is 0 Å². The smallest absolute Gasteiger partial charge is 0.0648 e. The van der Waals surface area contributed by atoms with Crippen LogP contribution in [0.2, 0.25) is 0 Å². The van der Waals surface area contributed by atoms with Crippen molar-refractivity contribution in [2.75, 3.05) is 0 Å². The number of benzene rings is 1. The highest BCUT2D eigenvalue weighted by Crippen LogP contribution is 2.41. The van der Waals surface area contributed by atoms with E-state index < -0.39 is 5.60 Å². The van der Waals surface area contributed by atoms with Crippen molar-refractivity contribution in [2.45, 2.75) is 64.9 Å². The first-order valence-corrected chi connectivity index (χ1v) is 7.19. The molecule has 1 N–H and O–H groups in total. The third-order valence-electron chi connectivity index (χ3n) is 4.71. The molecular formula is C17H26O. The average Bonchev–Trinajstić information content (AvgIpc) is 2.58. The maximum absolute atomic E-state index is 10.4. The van der Waals surface area contributed by atoms with E-state index in [1.165, 1.54) is 29.5 Å². The van der Waals surface area contributed by atoms with Gasteiger partial charge >= 0.3 is 0 Å². The van der Waals surface area contributed by atoms with Crippen LogP contribution >= 0.6 is 0 Å². The minimum Gasteiger partial charge on any atom is -0.390 e. The summed E-state index contributed by atoms with van der Waals surface area (Å²) in [4.78, 5) is 0. The van der Waals surface area contributed by atoms with Crippen molar-refractivity contribution in [2.24, 2.45) is 5.92 Å². The topological polar surface area (TPSA) is 20.2 Å². The van der Waals surface area contributed by atoms with E-state index in [4.69, 9.17) is 0 Å². The molecular weight excluding hydrogens is 220 g/mol. The van der Waals surface area contributed by atoms with Crippen molar-refractivity contribution in [1.82, 2.24) is 0 Å². The summed E-state index contributed by atoms with van der Waals surface area (Å²) in [6, 6.07) is 6.73. The van der Waals surface area contributed by atoms with Gasteiger partial charge in [-0.3, -0.25) is 0 Å². The molecule has 0 amide bonds. The van der Waals surface area contributed by atoms with Gasteiger partial charge in [0.15, 0.2) is 0 Å². The van der Waals surface area contributed by atoms with Crippen LogP contribution in [-0.2, 0) is 0 Å². The molecule has 1 saturated carbocycles. The second-order valence-electron chi connectivity index (χ2n) is 6.44. The Morgan fingerprint density at radius 2 is 2.11 bits per heavy atom. The SMILES string of the molecule is Cc1ccc(C(C)CC2CCCC2(C)O)c(C)c1. The van der Waals surface area contributed by atoms with Crippen LogP contribution < -0.4 is 0 Å². The second-order valence-corrected chi connectivity index (χ2v) is 6.44. The molecule has 1 aromatic carbocycles. The van der Waals surface area contributed by atoms with Gasteiger partial charge in [0.2, 0.25) is 0 Å². The van der Waals surface area contributed by atoms with Crippen molar-refractivity contribution < 1.29 is 5.11 Å². The van der Waals surface area contributed by atoms with Crippen LogP contribution in [0.15, 0.2) is 18.2 Å². The van der Waals surface area contributed by atoms with E-state index in [0.29, 0.717) is 11.8 Å². The lowest BCUT2D eigenvalue weighted by atomic mass is 9.81. The quantitative estimate of drug-likeness (QED) is 0.840. The number of aryl methyl sites for hydroxylation is 2. The fourth-order valence-corrected chi connectivity index (χ4v) is 3.53. The van der Waals surface area contributed by atoms with Gasteiger partial charge in [0.1, 0.15) is 0 Å². The Morgan fingerprint density at radius 1 is 1.39 bits per heavy atom. The Balaban J connectivity index is 2.10. The summed E-state index contributed by atoms with van der Waals surface area (Å²) in [6.07, 6.45) is 4.44. The van der Waals surface area contributed by atoms with Gasteiger partial charge in [-0.2, -0.15) is 0 Å². The third-order valence-corrected chi connectivity index (χ3v) is 4.71. The van der Waals surface area contributed by atoms with E-state index in [2.05, 4.69) is 39.0 Å². The zero-order valence-corrected chi connectivity index (χ0v) is 12.2. The zero-order valence-electron chi connectivity index (χ0n) is 12.2. The molecule has 0 saturated heterocycles. The molecule has 0 heterocycles. The molecule has 0 aliphatic heterocycles. The van der Waals surface area contributed by atoms with Gasteiger partial charge in [0.05, 0.1) is 5.60 Å². The van der Waals surface area contributed by atoms with Crippen molar-refractivity contribution in [3.05, 3.63) is 34.9 Å². The van der Waals surface area contributed by atoms with Gasteiger partial charge in [-0.25, -0.2) is 0 Å². The summed E-state index contributed by atoms with van der Waals surface area (Å²) >= 11 is 0. The molecule has 1 fully saturated rings. The van der Waals surface area contributed by atoms with Crippen LogP contribution in [0.5, 0.6) is 0 Å². The van der Waals surface area contributed by atoms with E-state index in [9.17, 15) is 5.11 Å². The highest BCUT2D eigenvalue weighted by molar-refractivity contribution is 5.32. The molecule has 0 spiro atoms. The molecule has 3 unspecified atom stereocenters. The lowest BCUT2D eigenvalue weighted by Gasteiger charge is -2.28. The highest BCUT2D eigenvalue weighted by atomic mass is 16.3. The fraction of sp³-hybridized carbons (Fsp3) is 0.647. The van der Waals surface area contributed by atoms with Crippen LogP contribution in [0.4, 0.5) is 0 Å². The molecule has 100 valence electrons. The molecule has 18 heavy (non-hydrogen) atoms. The van der Waals surface area contributed by atoms with Crippen LogP contribution in [0.1, 0.15) is 62.1 Å². The summed E-state index contributed by atoms with van der Waals surface area (Å²) < 4.78 is 0. The van der Waals surface area contributed by atoms with Gasteiger partial charge < -0.3 is 5.11 Å². The van der Waals surface area contributed by atoms with Crippen molar-refractivity contribution >= 4 is 0 Å². The Morgan fingerprint density at radius 3 is 2.67 bits per heavy atom. The van der Waals surface area contributed by atoms with E-state index in [-0.39, 0.29) is 0 Å². The van der Waals surface area contributed by atoms with Gasteiger partial charge in [-0.15, -0.1) is 0 Å². The maximum Gasteiger partial charge on any atom is 0.0648 e. The van der Waals surface area contributed by atoms with Crippen molar-refractivity contribution in [3.63, 3.8) is 0 Å². The Labute approximate surface area is 111 Å². The first-order valence-electron chi connectivity index (χ1n) is 7.19. The molecule has 1 heteroatoms. The number of hydrogen-bond acceptors (Lipinski definition) is 1. The summed E-state index contributed by atoms with van der Waals surface area (Å²) in [5, 5.41) is 10.4. The van der Waals surface area contributed by atoms with Gasteiger partial charge in [0.25, 0.3) is 0 Å². The molecule has 1 nitrogen and oxygen atoms in total. The van der Waals surface area contributed by atoms with Gasteiger partial charge in [-0.1, -0.05) is 37.1 Å². The third kappa shape index (κ3) is 2.77. The first kappa shape index (κ1) is 13.6. The molecule has 1 aliphatic carbocycles. The van der Waals surface area contributed by atoms with Gasteiger partial charge in [-0.05, 0) is 63.0 Å². The molecule has 0 radical (unpaired) electrons. The minimum atomic E-state index is -0.438. The second kappa shape index (κ2) is 5.05. The predicted molar refractivity (Wildman–Crippen MR) is 76.9 cm³/mol. The van der Waals surface area contributed by atoms with E-state index in [1.54, 1.807) is 0 Å². The highest BCUT2D eigenvalue weighted by Gasteiger charge is 2.37. The average molecular weight is 246 g/mol. The van der Waals surface area contributed by atoms with E-state index >= 15 is 0 Å². The predicted octanol–water partition coefficient (Wildman–Crippen LogP) is 4.35. The lowest BCUT2D eigenvalue weighted by molar-refractivity contribution is 0.0157. The first-order chi connectivity index (χ1) is 8.40. The summed E-state index contributed by atoms with van der Waals surface area (Å²) in [5.74, 6) is 1.01. The normalized spacial score (nSPS) is 29.5. The maximum atomic E-state index is 10.4. The Hall–Kier alpha value is -0.820. The van der Waals surface area contributed by atoms with E-state index in [0.717, 1.165) is 12.8 Å². The zero-order chi connectivity index (χ0) is 13.3. The molecule has 0 bridgehead atoms. The Bertz CT molecular complexity index is 420. The van der Waals surface area contributed by atoms with Crippen LogP contribution in [-0.4, -0.2) is 10.7 Å². The molecule has 1 aliphatic rings. The molecule has 2 rings (SSSR count). The summed E-state index contributed by atoms with van der Waals surface area (Å²) in [7, 11) is 0.